The molecule has 0 spiro atoms. The van der Waals surface area contributed by atoms with E-state index >= 15 is 0 Å². The molecule has 9 nitrogen and oxygen atoms in total. The van der Waals surface area contributed by atoms with Crippen LogP contribution in [0.4, 0.5) is 5.69 Å². The van der Waals surface area contributed by atoms with Crippen molar-refractivity contribution in [1.29, 1.82) is 0 Å². The van der Waals surface area contributed by atoms with Gasteiger partial charge in [0.25, 0.3) is 11.8 Å². The molecule has 31 heavy (non-hydrogen) atoms. The van der Waals surface area contributed by atoms with Crippen LogP contribution in [0, 0.1) is 0 Å². The fourth-order valence-electron chi connectivity index (χ4n) is 3.09. The van der Waals surface area contributed by atoms with E-state index in [-0.39, 0.29) is 18.1 Å². The lowest BCUT2D eigenvalue weighted by Crippen LogP contribution is -2.25. The summed E-state index contributed by atoms with van der Waals surface area (Å²) in [6.45, 7) is 3.26. The van der Waals surface area contributed by atoms with Crippen molar-refractivity contribution in [3.8, 4) is 0 Å². The topological polar surface area (TPSA) is 107 Å². The second-order valence-corrected chi connectivity index (χ2v) is 6.87. The number of amides is 2. The summed E-state index contributed by atoms with van der Waals surface area (Å²) in [5, 5.41) is 14.0. The maximum atomic E-state index is 12.9. The number of benzene rings is 1. The first-order chi connectivity index (χ1) is 15.1. The molecule has 2 amide bonds. The molecule has 0 aliphatic heterocycles. The minimum absolute atomic E-state index is 0.148. The molecule has 0 unspecified atom stereocenters. The predicted molar refractivity (Wildman–Crippen MR) is 114 cm³/mol. The van der Waals surface area contributed by atoms with Gasteiger partial charge in [-0.1, -0.05) is 12.1 Å². The van der Waals surface area contributed by atoms with E-state index in [1.54, 1.807) is 52.3 Å². The molecule has 158 valence electrons. The van der Waals surface area contributed by atoms with Crippen molar-refractivity contribution in [3.05, 3.63) is 89.9 Å². The largest absolute Gasteiger partial charge is 0.467 e. The lowest BCUT2D eigenvalue weighted by atomic mass is 10.1. The molecule has 4 aromatic rings. The lowest BCUT2D eigenvalue weighted by Gasteiger charge is -2.08. The zero-order chi connectivity index (χ0) is 21.6. The van der Waals surface area contributed by atoms with Gasteiger partial charge in [-0.3, -0.25) is 19.0 Å². The molecule has 0 aliphatic rings. The molecule has 0 fully saturated rings. The first-order valence-electron chi connectivity index (χ1n) is 9.88. The Labute approximate surface area is 178 Å². The highest BCUT2D eigenvalue weighted by Crippen LogP contribution is 2.17. The first kappa shape index (κ1) is 20.1. The fraction of sp³-hybridized carbons (Fsp3) is 0.182. The van der Waals surface area contributed by atoms with Crippen molar-refractivity contribution in [2.24, 2.45) is 0 Å². The molecular formula is C22H22N6O3. The lowest BCUT2D eigenvalue weighted by molar-refractivity contribution is 0.0943. The van der Waals surface area contributed by atoms with Crippen molar-refractivity contribution >= 4 is 17.5 Å². The van der Waals surface area contributed by atoms with E-state index in [9.17, 15) is 9.59 Å². The Bertz CT molecular complexity index is 1160. The van der Waals surface area contributed by atoms with Crippen LogP contribution < -0.4 is 10.6 Å². The number of aromatic nitrogens is 4. The molecule has 0 aliphatic carbocycles. The molecule has 0 radical (unpaired) electrons. The van der Waals surface area contributed by atoms with Crippen LogP contribution in [0.2, 0.25) is 0 Å². The van der Waals surface area contributed by atoms with Crippen LogP contribution >= 0.6 is 0 Å². The van der Waals surface area contributed by atoms with Gasteiger partial charge in [0.05, 0.1) is 25.0 Å². The Balaban J connectivity index is 1.48. The highest BCUT2D eigenvalue weighted by Gasteiger charge is 2.19. The van der Waals surface area contributed by atoms with Crippen LogP contribution in [0.25, 0.3) is 0 Å². The third-order valence-corrected chi connectivity index (χ3v) is 4.65. The van der Waals surface area contributed by atoms with Gasteiger partial charge in [0, 0.05) is 30.7 Å². The van der Waals surface area contributed by atoms with E-state index in [4.69, 9.17) is 4.42 Å². The fourth-order valence-corrected chi connectivity index (χ4v) is 3.09. The quantitative estimate of drug-likeness (QED) is 0.458. The molecular weight excluding hydrogens is 396 g/mol. The van der Waals surface area contributed by atoms with Crippen LogP contribution in [0.3, 0.4) is 0 Å². The Morgan fingerprint density at radius 1 is 1.10 bits per heavy atom. The Morgan fingerprint density at radius 2 is 2.00 bits per heavy atom. The number of furan rings is 1. The van der Waals surface area contributed by atoms with Crippen LogP contribution in [0.15, 0.2) is 71.7 Å². The number of nitrogens with zero attached hydrogens (tertiary/aromatic N) is 4. The van der Waals surface area contributed by atoms with Gasteiger partial charge in [0.2, 0.25) is 0 Å². The number of anilines is 1. The van der Waals surface area contributed by atoms with Crippen molar-refractivity contribution in [3.63, 3.8) is 0 Å². The Hall–Kier alpha value is -4.14. The van der Waals surface area contributed by atoms with Gasteiger partial charge in [-0.05, 0) is 42.8 Å². The molecule has 9 heteroatoms. The van der Waals surface area contributed by atoms with Gasteiger partial charge < -0.3 is 15.1 Å². The van der Waals surface area contributed by atoms with Crippen molar-refractivity contribution in [2.75, 3.05) is 5.32 Å². The highest BCUT2D eigenvalue weighted by atomic mass is 16.3. The summed E-state index contributed by atoms with van der Waals surface area (Å²) in [4.78, 5) is 25.5. The van der Waals surface area contributed by atoms with Gasteiger partial charge in [-0.2, -0.15) is 10.2 Å². The van der Waals surface area contributed by atoms with Gasteiger partial charge in [0.1, 0.15) is 5.76 Å². The minimum atomic E-state index is -0.397. The highest BCUT2D eigenvalue weighted by molar-refractivity contribution is 6.08. The van der Waals surface area contributed by atoms with Crippen LogP contribution in [-0.4, -0.2) is 31.4 Å². The third-order valence-electron chi connectivity index (χ3n) is 4.65. The van der Waals surface area contributed by atoms with Crippen molar-refractivity contribution < 1.29 is 14.0 Å². The monoisotopic (exact) mass is 418 g/mol. The number of hydrogen-bond acceptors (Lipinski definition) is 5. The van der Waals surface area contributed by atoms with Gasteiger partial charge in [0.15, 0.2) is 5.69 Å². The van der Waals surface area contributed by atoms with Crippen LogP contribution in [0.1, 0.15) is 39.1 Å². The molecule has 2 N–H and O–H groups in total. The maximum Gasteiger partial charge on any atom is 0.274 e. The third kappa shape index (κ3) is 4.89. The molecule has 0 bridgehead atoms. The molecule has 0 saturated carbocycles. The average Bonchev–Trinajstić information content (AvgIpc) is 3.54. The van der Waals surface area contributed by atoms with E-state index in [0.717, 1.165) is 5.56 Å². The number of aryl methyl sites for hydroxylation is 1. The maximum absolute atomic E-state index is 12.9. The normalized spacial score (nSPS) is 10.7. The summed E-state index contributed by atoms with van der Waals surface area (Å²) in [5.74, 6) is -0.0905. The number of carbonyl (C=O) groups excluding carboxylic acids is 2. The zero-order valence-corrected chi connectivity index (χ0v) is 17.0. The summed E-state index contributed by atoms with van der Waals surface area (Å²) in [5.41, 5.74) is 1.92. The van der Waals surface area contributed by atoms with Gasteiger partial charge >= 0.3 is 0 Å². The second kappa shape index (κ2) is 9.12. The molecule has 1 aromatic carbocycles. The number of rotatable bonds is 8. The number of hydrogen-bond donors (Lipinski definition) is 2. The summed E-state index contributed by atoms with van der Waals surface area (Å²) in [6, 6.07) is 12.6. The second-order valence-electron chi connectivity index (χ2n) is 6.87. The summed E-state index contributed by atoms with van der Waals surface area (Å²) >= 11 is 0. The molecule has 0 saturated heterocycles. The molecule has 3 heterocycles. The zero-order valence-electron chi connectivity index (χ0n) is 17.0. The Morgan fingerprint density at radius 3 is 2.74 bits per heavy atom. The van der Waals surface area contributed by atoms with Crippen LogP contribution in [0.5, 0.6) is 0 Å². The SMILES string of the molecule is CCn1cc(NC(=O)c2cccc(Cn3cccn3)c2)c(C(=O)NCc2ccco2)n1. The summed E-state index contributed by atoms with van der Waals surface area (Å²) in [7, 11) is 0. The Kier molecular flexibility index (Phi) is 5.93. The smallest absolute Gasteiger partial charge is 0.274 e. The number of carbonyl (C=O) groups is 2. The summed E-state index contributed by atoms with van der Waals surface area (Å²) in [6.07, 6.45) is 6.76. The van der Waals surface area contributed by atoms with E-state index in [1.807, 2.05) is 31.3 Å². The van der Waals surface area contributed by atoms with Crippen molar-refractivity contribution in [1.82, 2.24) is 24.9 Å². The minimum Gasteiger partial charge on any atom is -0.467 e. The first-order valence-corrected chi connectivity index (χ1v) is 9.88. The van der Waals surface area contributed by atoms with Gasteiger partial charge in [-0.15, -0.1) is 0 Å². The average molecular weight is 418 g/mol. The van der Waals surface area contributed by atoms with E-state index < -0.39 is 5.91 Å². The molecule has 3 aromatic heterocycles. The number of nitrogens with one attached hydrogen (secondary N) is 2. The van der Waals surface area contributed by atoms with Crippen molar-refractivity contribution in [2.45, 2.75) is 26.6 Å². The van der Waals surface area contributed by atoms with E-state index in [1.165, 1.54) is 0 Å². The van der Waals surface area contributed by atoms with E-state index in [0.29, 0.717) is 30.1 Å². The molecule has 4 rings (SSSR count). The summed E-state index contributed by atoms with van der Waals surface area (Å²) < 4.78 is 8.62. The molecule has 0 atom stereocenters. The van der Waals surface area contributed by atoms with E-state index in [2.05, 4.69) is 20.8 Å². The van der Waals surface area contributed by atoms with Gasteiger partial charge in [-0.25, -0.2) is 0 Å². The standard InChI is InChI=1S/C22H22N6O3/c1-2-27-15-19(20(26-27)22(30)23-13-18-8-4-11-31-18)25-21(29)17-7-3-6-16(12-17)14-28-10-5-9-24-28/h3-12,15H,2,13-14H2,1H3,(H,23,30)(H,25,29). The predicted octanol–water partition coefficient (Wildman–Crippen LogP) is 2.92. The van der Waals surface area contributed by atoms with Crippen LogP contribution in [-0.2, 0) is 19.6 Å².